The second-order valence-corrected chi connectivity index (χ2v) is 2.79. The summed E-state index contributed by atoms with van der Waals surface area (Å²) in [6.07, 6.45) is 0. The van der Waals surface area contributed by atoms with Crippen molar-refractivity contribution in [2.75, 3.05) is 13.7 Å². The molecule has 0 fully saturated rings. The molecule has 0 rings (SSSR count). The number of hydroxylamine groups is 1. The molecule has 0 heterocycles. The van der Waals surface area contributed by atoms with Crippen LogP contribution in [0.5, 0.6) is 0 Å². The molecule has 0 bridgehead atoms. The van der Waals surface area contributed by atoms with Crippen LogP contribution < -0.4 is 10.8 Å². The van der Waals surface area contributed by atoms with Crippen molar-refractivity contribution in [1.29, 1.82) is 0 Å². The maximum Gasteiger partial charge on any atom is 0.190 e. The molecule has 60 valence electrons. The third-order valence-corrected chi connectivity index (χ3v) is 1.10. The van der Waals surface area contributed by atoms with Crippen molar-refractivity contribution in [2.45, 2.75) is 13.8 Å². The first-order chi connectivity index (χ1) is 4.66. The zero-order valence-corrected chi connectivity index (χ0v) is 7.42. The fraction of sp³-hybridized carbons (Fsp3) is 0.833. The fourth-order valence-corrected chi connectivity index (χ4v) is 0.384. The minimum absolute atomic E-state index is 0.514. The molecule has 0 spiro atoms. The van der Waals surface area contributed by atoms with Crippen molar-refractivity contribution < 1.29 is 4.84 Å². The fourth-order valence-electron chi connectivity index (χ4n) is 0.325. The molecule has 0 aromatic heterocycles. The van der Waals surface area contributed by atoms with Gasteiger partial charge < -0.3 is 5.32 Å². The summed E-state index contributed by atoms with van der Waals surface area (Å²) in [6, 6.07) is 0. The van der Waals surface area contributed by atoms with Gasteiger partial charge in [-0.25, -0.2) is 5.48 Å². The first-order valence-corrected chi connectivity index (χ1v) is 3.67. The minimum Gasteiger partial charge on any atom is -0.364 e. The Morgan fingerprint density at radius 2 is 2.20 bits per heavy atom. The van der Waals surface area contributed by atoms with E-state index in [2.05, 4.69) is 24.6 Å². The molecular formula is C6H14N2OS. The van der Waals surface area contributed by atoms with Gasteiger partial charge in [-0.15, -0.1) is 0 Å². The average molecular weight is 162 g/mol. The van der Waals surface area contributed by atoms with Crippen LogP contribution in [-0.2, 0) is 4.84 Å². The molecular weight excluding hydrogens is 148 g/mol. The van der Waals surface area contributed by atoms with Crippen LogP contribution in [-0.4, -0.2) is 18.8 Å². The van der Waals surface area contributed by atoms with Gasteiger partial charge >= 0.3 is 0 Å². The van der Waals surface area contributed by atoms with E-state index < -0.39 is 0 Å². The molecule has 0 amide bonds. The first kappa shape index (κ1) is 9.65. The van der Waals surface area contributed by atoms with E-state index in [1.165, 1.54) is 0 Å². The molecule has 0 aliphatic heterocycles. The van der Waals surface area contributed by atoms with E-state index in [4.69, 9.17) is 17.1 Å². The van der Waals surface area contributed by atoms with Gasteiger partial charge in [0.1, 0.15) is 0 Å². The summed E-state index contributed by atoms with van der Waals surface area (Å²) in [7, 11) is 1.74. The Balaban J connectivity index is 3.12. The summed E-state index contributed by atoms with van der Waals surface area (Å²) in [5, 5.41) is 3.25. The Bertz CT molecular complexity index is 106. The van der Waals surface area contributed by atoms with Gasteiger partial charge in [0.25, 0.3) is 0 Å². The van der Waals surface area contributed by atoms with E-state index in [-0.39, 0.29) is 0 Å². The van der Waals surface area contributed by atoms with Crippen LogP contribution in [0, 0.1) is 5.92 Å². The SMILES string of the molecule is CNC(=S)NOCC(C)C. The Hall–Kier alpha value is -0.350. The molecule has 0 saturated carbocycles. The summed E-state index contributed by atoms with van der Waals surface area (Å²) in [5.41, 5.74) is 2.58. The maximum absolute atomic E-state index is 4.99. The summed E-state index contributed by atoms with van der Waals surface area (Å²) in [4.78, 5) is 4.99. The Morgan fingerprint density at radius 1 is 1.60 bits per heavy atom. The normalized spacial score (nSPS) is 9.60. The van der Waals surface area contributed by atoms with Crippen LogP contribution in [0.15, 0.2) is 0 Å². The van der Waals surface area contributed by atoms with Gasteiger partial charge in [-0.1, -0.05) is 13.8 Å². The van der Waals surface area contributed by atoms with Crippen molar-refractivity contribution in [3.63, 3.8) is 0 Å². The third kappa shape index (κ3) is 5.78. The Morgan fingerprint density at radius 3 is 2.60 bits per heavy atom. The van der Waals surface area contributed by atoms with Crippen molar-refractivity contribution in [3.05, 3.63) is 0 Å². The summed E-state index contributed by atoms with van der Waals surface area (Å²) in [6.45, 7) is 4.82. The van der Waals surface area contributed by atoms with Gasteiger partial charge in [-0.05, 0) is 18.1 Å². The van der Waals surface area contributed by atoms with E-state index >= 15 is 0 Å². The lowest BCUT2D eigenvalue weighted by Crippen LogP contribution is -2.33. The van der Waals surface area contributed by atoms with Crippen molar-refractivity contribution in [2.24, 2.45) is 5.92 Å². The molecule has 0 aromatic carbocycles. The smallest absolute Gasteiger partial charge is 0.190 e. The van der Waals surface area contributed by atoms with Crippen molar-refractivity contribution in [1.82, 2.24) is 10.8 Å². The van der Waals surface area contributed by atoms with E-state index in [9.17, 15) is 0 Å². The second kappa shape index (κ2) is 5.44. The third-order valence-electron chi connectivity index (χ3n) is 0.809. The zero-order valence-electron chi connectivity index (χ0n) is 6.60. The number of nitrogens with one attached hydrogen (secondary N) is 2. The van der Waals surface area contributed by atoms with Crippen LogP contribution in [0.3, 0.4) is 0 Å². The number of rotatable bonds is 3. The molecule has 0 saturated heterocycles. The minimum atomic E-state index is 0.514. The zero-order chi connectivity index (χ0) is 7.98. The summed E-state index contributed by atoms with van der Waals surface area (Å²) in [5.74, 6) is 0.521. The molecule has 2 N–H and O–H groups in total. The van der Waals surface area contributed by atoms with Gasteiger partial charge in [-0.2, -0.15) is 0 Å². The number of thiocarbonyl (C=S) groups is 1. The number of hydrogen-bond acceptors (Lipinski definition) is 2. The molecule has 0 radical (unpaired) electrons. The molecule has 4 heteroatoms. The van der Waals surface area contributed by atoms with Gasteiger partial charge in [0.2, 0.25) is 0 Å². The molecule has 3 nitrogen and oxygen atoms in total. The van der Waals surface area contributed by atoms with Crippen LogP contribution >= 0.6 is 12.2 Å². The highest BCUT2D eigenvalue weighted by Gasteiger charge is 1.93. The molecule has 10 heavy (non-hydrogen) atoms. The quantitative estimate of drug-likeness (QED) is 0.472. The van der Waals surface area contributed by atoms with E-state index in [0.717, 1.165) is 0 Å². The average Bonchev–Trinajstić information content (AvgIpc) is 1.87. The van der Waals surface area contributed by atoms with Crippen molar-refractivity contribution in [3.8, 4) is 0 Å². The Kier molecular flexibility index (Phi) is 5.25. The highest BCUT2D eigenvalue weighted by atomic mass is 32.1. The summed E-state index contributed by atoms with van der Waals surface area (Å²) < 4.78 is 0. The second-order valence-electron chi connectivity index (χ2n) is 2.39. The Labute approximate surface area is 67.1 Å². The number of hydrogen-bond donors (Lipinski definition) is 2. The van der Waals surface area contributed by atoms with Gasteiger partial charge in [0.15, 0.2) is 5.11 Å². The maximum atomic E-state index is 4.99. The molecule has 0 aliphatic rings. The monoisotopic (exact) mass is 162 g/mol. The van der Waals surface area contributed by atoms with Crippen LogP contribution in [0.25, 0.3) is 0 Å². The molecule has 0 atom stereocenters. The van der Waals surface area contributed by atoms with Gasteiger partial charge in [-0.3, -0.25) is 4.84 Å². The van der Waals surface area contributed by atoms with Crippen LogP contribution in [0.1, 0.15) is 13.8 Å². The molecule has 0 aliphatic carbocycles. The van der Waals surface area contributed by atoms with Crippen molar-refractivity contribution >= 4 is 17.3 Å². The van der Waals surface area contributed by atoms with Crippen LogP contribution in [0.4, 0.5) is 0 Å². The first-order valence-electron chi connectivity index (χ1n) is 3.26. The van der Waals surface area contributed by atoms with Gasteiger partial charge in [0.05, 0.1) is 6.61 Å². The lowest BCUT2D eigenvalue weighted by Gasteiger charge is -2.08. The summed E-state index contributed by atoms with van der Waals surface area (Å²) >= 11 is 4.76. The lowest BCUT2D eigenvalue weighted by atomic mass is 10.2. The lowest BCUT2D eigenvalue weighted by molar-refractivity contribution is 0.0638. The highest BCUT2D eigenvalue weighted by molar-refractivity contribution is 7.80. The predicted octanol–water partition coefficient (Wildman–Crippen LogP) is 0.668. The van der Waals surface area contributed by atoms with E-state index in [1.54, 1.807) is 7.05 Å². The largest absolute Gasteiger partial charge is 0.364 e. The molecule has 0 unspecified atom stereocenters. The molecule has 0 aromatic rings. The predicted molar refractivity (Wildman–Crippen MR) is 45.6 cm³/mol. The topological polar surface area (TPSA) is 33.3 Å². The highest BCUT2D eigenvalue weighted by Crippen LogP contribution is 1.89. The van der Waals surface area contributed by atoms with Crippen LogP contribution in [0.2, 0.25) is 0 Å². The van der Waals surface area contributed by atoms with Gasteiger partial charge in [0, 0.05) is 7.05 Å². The van der Waals surface area contributed by atoms with E-state index in [0.29, 0.717) is 17.6 Å². The van der Waals surface area contributed by atoms with E-state index in [1.807, 2.05) is 0 Å². The standard InChI is InChI=1S/C6H14N2OS/c1-5(2)4-9-8-6(10)7-3/h5H,4H2,1-3H3,(H2,7,8,10).